The zero-order valence-electron chi connectivity index (χ0n) is 10.0. The Morgan fingerprint density at radius 3 is 2.84 bits per heavy atom. The molecule has 0 bridgehead atoms. The van der Waals surface area contributed by atoms with Crippen molar-refractivity contribution >= 4 is 34.9 Å². The van der Waals surface area contributed by atoms with E-state index in [2.05, 4.69) is 9.36 Å². The molecule has 0 spiro atoms. The Bertz CT molecular complexity index is 629. The Kier molecular flexibility index (Phi) is 4.01. The van der Waals surface area contributed by atoms with Crippen LogP contribution in [0.5, 0.6) is 0 Å². The summed E-state index contributed by atoms with van der Waals surface area (Å²) in [5.74, 6) is -0.495. The molecule has 0 fully saturated rings. The number of nitrogen functional groups attached to an aromatic ring is 1. The highest BCUT2D eigenvalue weighted by atomic mass is 32.2. The van der Waals surface area contributed by atoms with Crippen LogP contribution in [0.1, 0.15) is 23.1 Å². The molecule has 0 saturated heterocycles. The van der Waals surface area contributed by atoms with E-state index < -0.39 is 11.7 Å². The van der Waals surface area contributed by atoms with E-state index in [-0.39, 0.29) is 16.1 Å². The number of carbonyl (C=O) groups is 1. The van der Waals surface area contributed by atoms with Crippen LogP contribution in [-0.4, -0.2) is 15.3 Å². The van der Waals surface area contributed by atoms with Crippen LogP contribution in [0.25, 0.3) is 0 Å². The molecule has 0 aliphatic heterocycles. The van der Waals surface area contributed by atoms with Crippen LogP contribution in [0, 0.1) is 5.82 Å². The molecule has 0 unspecified atom stereocenters. The van der Waals surface area contributed by atoms with Crippen LogP contribution in [0.15, 0.2) is 21.4 Å². The van der Waals surface area contributed by atoms with Crippen molar-refractivity contribution in [1.29, 1.82) is 0 Å². The predicted molar refractivity (Wildman–Crippen MR) is 72.7 cm³/mol. The fourth-order valence-electron chi connectivity index (χ4n) is 1.38. The molecule has 0 aliphatic rings. The Morgan fingerprint density at radius 2 is 2.26 bits per heavy atom. The smallest absolute Gasteiger partial charge is 0.250 e. The second-order valence-electron chi connectivity index (χ2n) is 3.67. The molecule has 100 valence electrons. The first-order valence-electron chi connectivity index (χ1n) is 5.40. The molecule has 1 aromatic carbocycles. The number of nitrogens with two attached hydrogens (primary N) is 2. The van der Waals surface area contributed by atoms with E-state index >= 15 is 0 Å². The summed E-state index contributed by atoms with van der Waals surface area (Å²) in [4.78, 5) is 15.6. The molecule has 5 nitrogen and oxygen atoms in total. The van der Waals surface area contributed by atoms with Crippen molar-refractivity contribution in [2.45, 2.75) is 22.6 Å². The van der Waals surface area contributed by atoms with Gasteiger partial charge in [0.25, 0.3) is 5.91 Å². The number of rotatable bonds is 4. The number of halogens is 1. The Balaban J connectivity index is 2.34. The monoisotopic (exact) mass is 298 g/mol. The second kappa shape index (κ2) is 5.54. The lowest BCUT2D eigenvalue weighted by Crippen LogP contribution is -2.14. The van der Waals surface area contributed by atoms with Crippen molar-refractivity contribution in [3.05, 3.63) is 29.3 Å². The summed E-state index contributed by atoms with van der Waals surface area (Å²) < 4.78 is 18.5. The lowest BCUT2D eigenvalue weighted by molar-refractivity contribution is 0.100. The maximum absolute atomic E-state index is 13.8. The highest BCUT2D eigenvalue weighted by molar-refractivity contribution is 8.01. The molecule has 1 aromatic heterocycles. The molecule has 0 radical (unpaired) electrons. The number of primary amides is 1. The van der Waals surface area contributed by atoms with Gasteiger partial charge in [-0.3, -0.25) is 4.79 Å². The van der Waals surface area contributed by atoms with Gasteiger partial charge in [-0.15, -0.1) is 0 Å². The minimum Gasteiger partial charge on any atom is -0.398 e. The SMILES string of the molecule is CCc1nsc(Sc2cc(C(N)=O)c(N)cc2F)n1. The first kappa shape index (κ1) is 13.8. The standard InChI is InChI=1S/C11H11FN4OS2/c1-2-9-15-11(19-16-9)18-8-3-5(10(14)17)7(13)4-6(8)12/h3-4H,2,13H2,1H3,(H2,14,17). The Labute approximate surface area is 117 Å². The average molecular weight is 298 g/mol. The average Bonchev–Trinajstić information content (AvgIpc) is 2.80. The fraction of sp³-hybridized carbons (Fsp3) is 0.182. The van der Waals surface area contributed by atoms with Gasteiger partial charge in [0, 0.05) is 12.1 Å². The third-order valence-electron chi connectivity index (χ3n) is 2.33. The number of aromatic nitrogens is 2. The van der Waals surface area contributed by atoms with E-state index in [0.29, 0.717) is 16.6 Å². The molecule has 1 amide bonds. The third-order valence-corrected chi connectivity index (χ3v) is 4.15. The summed E-state index contributed by atoms with van der Waals surface area (Å²) in [6.07, 6.45) is 0.716. The number of hydrogen-bond acceptors (Lipinski definition) is 6. The number of aryl methyl sites for hydroxylation is 1. The van der Waals surface area contributed by atoms with Crippen LogP contribution in [-0.2, 0) is 6.42 Å². The van der Waals surface area contributed by atoms with Gasteiger partial charge in [-0.1, -0.05) is 18.7 Å². The molecule has 0 aliphatic carbocycles. The Morgan fingerprint density at radius 1 is 1.53 bits per heavy atom. The van der Waals surface area contributed by atoms with E-state index in [9.17, 15) is 9.18 Å². The third kappa shape index (κ3) is 3.02. The highest BCUT2D eigenvalue weighted by Gasteiger charge is 2.14. The normalized spacial score (nSPS) is 10.6. The van der Waals surface area contributed by atoms with Crippen molar-refractivity contribution in [2.24, 2.45) is 5.73 Å². The lowest BCUT2D eigenvalue weighted by Gasteiger charge is -2.05. The zero-order valence-corrected chi connectivity index (χ0v) is 11.6. The summed E-state index contributed by atoms with van der Waals surface area (Å²) >= 11 is 2.28. The van der Waals surface area contributed by atoms with Crippen LogP contribution in [0.3, 0.4) is 0 Å². The molecule has 19 heavy (non-hydrogen) atoms. The number of amides is 1. The van der Waals surface area contributed by atoms with E-state index in [4.69, 9.17) is 11.5 Å². The van der Waals surface area contributed by atoms with Crippen LogP contribution >= 0.6 is 23.3 Å². The lowest BCUT2D eigenvalue weighted by atomic mass is 10.1. The molecule has 1 heterocycles. The maximum Gasteiger partial charge on any atom is 0.250 e. The zero-order chi connectivity index (χ0) is 14.0. The van der Waals surface area contributed by atoms with Crippen molar-refractivity contribution < 1.29 is 9.18 Å². The summed E-state index contributed by atoms with van der Waals surface area (Å²) in [6, 6.07) is 2.43. The van der Waals surface area contributed by atoms with Crippen molar-refractivity contribution in [3.63, 3.8) is 0 Å². The molecular weight excluding hydrogens is 287 g/mol. The molecule has 2 rings (SSSR count). The van der Waals surface area contributed by atoms with Crippen LogP contribution in [0.4, 0.5) is 10.1 Å². The molecule has 0 atom stereocenters. The Hall–Kier alpha value is -1.67. The van der Waals surface area contributed by atoms with Gasteiger partial charge in [0.1, 0.15) is 11.6 Å². The highest BCUT2D eigenvalue weighted by Crippen LogP contribution is 2.33. The molecule has 2 aromatic rings. The first-order valence-corrected chi connectivity index (χ1v) is 6.99. The molecule has 0 saturated carbocycles. The van der Waals surface area contributed by atoms with Gasteiger partial charge in [-0.2, -0.15) is 4.37 Å². The van der Waals surface area contributed by atoms with E-state index in [1.807, 2.05) is 6.92 Å². The van der Waals surface area contributed by atoms with Gasteiger partial charge in [0.05, 0.1) is 10.5 Å². The van der Waals surface area contributed by atoms with Crippen molar-refractivity contribution in [1.82, 2.24) is 9.36 Å². The summed E-state index contributed by atoms with van der Waals surface area (Å²) in [5.41, 5.74) is 10.8. The second-order valence-corrected chi connectivity index (χ2v) is 5.71. The minimum atomic E-state index is -0.689. The number of hydrogen-bond donors (Lipinski definition) is 2. The predicted octanol–water partition coefficient (Wildman–Crippen LogP) is 2.07. The van der Waals surface area contributed by atoms with Gasteiger partial charge >= 0.3 is 0 Å². The van der Waals surface area contributed by atoms with Crippen LogP contribution < -0.4 is 11.5 Å². The summed E-state index contributed by atoms with van der Waals surface area (Å²) in [5, 5.41) is 0. The van der Waals surface area contributed by atoms with Gasteiger partial charge in [0.15, 0.2) is 4.34 Å². The van der Waals surface area contributed by atoms with Gasteiger partial charge in [-0.05, 0) is 23.7 Å². The van der Waals surface area contributed by atoms with Crippen molar-refractivity contribution in [2.75, 3.05) is 5.73 Å². The van der Waals surface area contributed by atoms with Crippen molar-refractivity contribution in [3.8, 4) is 0 Å². The van der Waals surface area contributed by atoms with Gasteiger partial charge < -0.3 is 11.5 Å². The van der Waals surface area contributed by atoms with E-state index in [0.717, 1.165) is 17.8 Å². The number of benzene rings is 1. The summed E-state index contributed by atoms with van der Waals surface area (Å²) in [6.45, 7) is 1.94. The maximum atomic E-state index is 13.8. The minimum absolute atomic E-state index is 0.0286. The molecule has 8 heteroatoms. The number of nitrogens with zero attached hydrogens (tertiary/aromatic N) is 2. The molecule has 4 N–H and O–H groups in total. The first-order chi connectivity index (χ1) is 9.01. The van der Waals surface area contributed by atoms with Crippen LogP contribution in [0.2, 0.25) is 0 Å². The summed E-state index contributed by atoms with van der Waals surface area (Å²) in [7, 11) is 0. The largest absolute Gasteiger partial charge is 0.398 e. The number of anilines is 1. The van der Waals surface area contributed by atoms with Gasteiger partial charge in [-0.25, -0.2) is 9.37 Å². The number of carbonyl (C=O) groups excluding carboxylic acids is 1. The quantitative estimate of drug-likeness (QED) is 0.843. The molecular formula is C11H11FN4OS2. The van der Waals surface area contributed by atoms with E-state index in [1.54, 1.807) is 0 Å². The fourth-order valence-corrected chi connectivity index (χ4v) is 3.08. The topological polar surface area (TPSA) is 94.9 Å². The van der Waals surface area contributed by atoms with Gasteiger partial charge in [0.2, 0.25) is 0 Å². The van der Waals surface area contributed by atoms with E-state index in [1.165, 1.54) is 17.6 Å².